The summed E-state index contributed by atoms with van der Waals surface area (Å²) < 4.78 is 6.37. The number of nitrogens with zero attached hydrogens (tertiary/aromatic N) is 3. The zero-order valence-electron chi connectivity index (χ0n) is 15.6. The molecule has 1 amide bonds. The van der Waals surface area contributed by atoms with E-state index < -0.39 is 38.7 Å². The van der Waals surface area contributed by atoms with E-state index in [0.29, 0.717) is 16.8 Å². The number of nitro groups is 2. The van der Waals surface area contributed by atoms with Crippen molar-refractivity contribution in [2.75, 3.05) is 11.2 Å². The van der Waals surface area contributed by atoms with Gasteiger partial charge in [-0.05, 0) is 26.5 Å². The third-order valence-corrected chi connectivity index (χ3v) is 3.22. The summed E-state index contributed by atoms with van der Waals surface area (Å²) in [6.07, 6.45) is 2.50. The van der Waals surface area contributed by atoms with E-state index >= 15 is 0 Å². The SMILES string of the molecule is CC(C)(C)OC(=O)Nc1cc[n+](N)cc1Cl.O=[N+]([O-])c1ccc([O-])c([N+](=O)[O-])c1. The van der Waals surface area contributed by atoms with Crippen LogP contribution in [0.5, 0.6) is 5.75 Å². The van der Waals surface area contributed by atoms with Gasteiger partial charge in [-0.1, -0.05) is 22.3 Å². The van der Waals surface area contributed by atoms with Crippen LogP contribution >= 0.6 is 11.6 Å². The molecule has 2 rings (SSSR count). The molecule has 13 heteroatoms. The van der Waals surface area contributed by atoms with Gasteiger partial charge in [0, 0.05) is 12.1 Å². The highest BCUT2D eigenvalue weighted by Crippen LogP contribution is 2.27. The molecule has 0 fully saturated rings. The minimum atomic E-state index is -0.949. The molecule has 0 unspecified atom stereocenters. The topological polar surface area (TPSA) is 178 Å². The molecule has 3 N–H and O–H groups in total. The molecule has 156 valence electrons. The highest BCUT2D eigenvalue weighted by Gasteiger charge is 2.18. The second kappa shape index (κ2) is 9.50. The number of benzene rings is 1. The first-order valence-electron chi connectivity index (χ1n) is 7.86. The lowest BCUT2D eigenvalue weighted by Crippen LogP contribution is -2.43. The molecule has 0 saturated heterocycles. The average molecular weight is 428 g/mol. The molecule has 1 aromatic heterocycles. The zero-order chi connectivity index (χ0) is 22.4. The number of carbonyl (C=O) groups is 1. The number of halogens is 1. The number of carbonyl (C=O) groups excluding carboxylic acids is 1. The largest absolute Gasteiger partial charge is 0.868 e. The standard InChI is InChI=1S/C10H14ClN3O2.C6H4N2O5/c1-10(2,3)16-9(15)13-8-4-5-14(12)6-7(8)11;9-6-2-1-4(7(10)11)3-5(6)8(12)13/h4-6H,12H2,1-3H3;1-3,9H. The molecule has 1 aromatic carbocycles. The highest BCUT2D eigenvalue weighted by atomic mass is 35.5. The molecule has 0 saturated carbocycles. The summed E-state index contributed by atoms with van der Waals surface area (Å²) >= 11 is 5.87. The van der Waals surface area contributed by atoms with Gasteiger partial charge >= 0.3 is 6.09 Å². The molecular formula is C16H18ClN5O7. The molecule has 0 atom stereocenters. The van der Waals surface area contributed by atoms with Crippen molar-refractivity contribution in [2.24, 2.45) is 0 Å². The molecule has 2 aromatic rings. The average Bonchev–Trinajstić information content (AvgIpc) is 2.56. The summed E-state index contributed by atoms with van der Waals surface area (Å²) in [6.45, 7) is 5.35. The summed E-state index contributed by atoms with van der Waals surface area (Å²) in [6, 6.07) is 3.96. The molecule has 0 bridgehead atoms. The van der Waals surface area contributed by atoms with Crippen molar-refractivity contribution in [1.82, 2.24) is 0 Å². The Morgan fingerprint density at radius 3 is 2.31 bits per heavy atom. The maximum atomic E-state index is 11.4. The van der Waals surface area contributed by atoms with Gasteiger partial charge in [0.2, 0.25) is 12.4 Å². The summed E-state index contributed by atoms with van der Waals surface area (Å²) in [5.74, 6) is 4.61. The van der Waals surface area contributed by atoms with E-state index in [0.717, 1.165) is 12.1 Å². The van der Waals surface area contributed by atoms with E-state index in [1.807, 2.05) is 0 Å². The first-order valence-corrected chi connectivity index (χ1v) is 8.23. The lowest BCUT2D eigenvalue weighted by Gasteiger charge is -2.19. The Bertz CT molecular complexity index is 930. The van der Waals surface area contributed by atoms with Gasteiger partial charge in [0.15, 0.2) is 0 Å². The van der Waals surface area contributed by atoms with Crippen molar-refractivity contribution in [1.29, 1.82) is 0 Å². The predicted octanol–water partition coefficient (Wildman–Crippen LogP) is 2.26. The molecule has 0 aliphatic carbocycles. The van der Waals surface area contributed by atoms with Gasteiger partial charge < -0.3 is 9.84 Å². The third-order valence-electron chi connectivity index (χ3n) is 2.92. The zero-order valence-corrected chi connectivity index (χ0v) is 16.4. The van der Waals surface area contributed by atoms with Crippen LogP contribution in [-0.4, -0.2) is 21.5 Å². The molecule has 0 spiro atoms. The van der Waals surface area contributed by atoms with Gasteiger partial charge in [-0.3, -0.25) is 25.5 Å². The monoisotopic (exact) mass is 427 g/mol. The van der Waals surface area contributed by atoms with Crippen LogP contribution in [0, 0.1) is 20.2 Å². The Kier molecular flexibility index (Phi) is 7.66. The minimum Gasteiger partial charge on any atom is -0.868 e. The predicted molar refractivity (Wildman–Crippen MR) is 101 cm³/mol. The number of nitro benzene ring substituents is 2. The Balaban J connectivity index is 0.000000296. The number of rotatable bonds is 3. The van der Waals surface area contributed by atoms with Crippen molar-refractivity contribution >= 4 is 34.8 Å². The van der Waals surface area contributed by atoms with Gasteiger partial charge in [0.25, 0.3) is 11.4 Å². The fourth-order valence-corrected chi connectivity index (χ4v) is 1.98. The summed E-state index contributed by atoms with van der Waals surface area (Å²) in [5, 5.41) is 34.0. The molecule has 12 nitrogen and oxygen atoms in total. The Labute approximate surface area is 169 Å². The first-order chi connectivity index (χ1) is 13.3. The Morgan fingerprint density at radius 2 is 1.83 bits per heavy atom. The molecule has 29 heavy (non-hydrogen) atoms. The molecule has 0 radical (unpaired) electrons. The van der Waals surface area contributed by atoms with E-state index in [4.69, 9.17) is 22.2 Å². The molecule has 0 aliphatic heterocycles. The van der Waals surface area contributed by atoms with Crippen LogP contribution in [0.4, 0.5) is 21.9 Å². The van der Waals surface area contributed by atoms with Crippen molar-refractivity contribution in [3.63, 3.8) is 0 Å². The Hall–Kier alpha value is -3.67. The summed E-state index contributed by atoms with van der Waals surface area (Å²) in [5.41, 5.74) is -1.34. The smallest absolute Gasteiger partial charge is 0.412 e. The van der Waals surface area contributed by atoms with Crippen LogP contribution in [-0.2, 0) is 4.74 Å². The number of nitrogen functional groups attached to an aromatic ring is 1. The van der Waals surface area contributed by atoms with E-state index in [2.05, 4.69) is 5.32 Å². The van der Waals surface area contributed by atoms with Crippen LogP contribution in [0.2, 0.25) is 5.02 Å². The Morgan fingerprint density at radius 1 is 1.21 bits per heavy atom. The number of nitrogens with one attached hydrogen (secondary N) is 1. The molecular weight excluding hydrogens is 410 g/mol. The first kappa shape index (κ1) is 23.4. The minimum absolute atomic E-state index is 0.343. The second-order valence-electron chi connectivity index (χ2n) is 6.45. The van der Waals surface area contributed by atoms with Gasteiger partial charge in [0.05, 0.1) is 21.6 Å². The number of anilines is 1. The third kappa shape index (κ3) is 7.84. The van der Waals surface area contributed by atoms with Crippen molar-refractivity contribution in [3.8, 4) is 5.75 Å². The molecule has 0 aliphatic rings. The van der Waals surface area contributed by atoms with Crippen LogP contribution < -0.4 is 20.9 Å². The van der Waals surface area contributed by atoms with Crippen LogP contribution in [0.15, 0.2) is 36.7 Å². The quantitative estimate of drug-likeness (QED) is 0.324. The van der Waals surface area contributed by atoms with E-state index in [9.17, 15) is 30.1 Å². The van der Waals surface area contributed by atoms with Crippen LogP contribution in [0.25, 0.3) is 0 Å². The van der Waals surface area contributed by atoms with E-state index in [1.165, 1.54) is 10.9 Å². The van der Waals surface area contributed by atoms with Gasteiger partial charge in [-0.2, -0.15) is 0 Å². The number of hydrogen-bond donors (Lipinski definition) is 2. The summed E-state index contributed by atoms with van der Waals surface area (Å²) in [7, 11) is 0. The number of ether oxygens (including phenoxy) is 1. The lowest BCUT2D eigenvalue weighted by molar-refractivity contribution is -0.638. The second-order valence-corrected chi connectivity index (χ2v) is 6.85. The maximum absolute atomic E-state index is 11.4. The molecule has 1 heterocycles. The number of non-ortho nitro benzene ring substituents is 1. The number of pyridine rings is 1. The number of hydrogen-bond acceptors (Lipinski definition) is 8. The van der Waals surface area contributed by atoms with Gasteiger partial charge in [-0.15, -0.1) is 0 Å². The van der Waals surface area contributed by atoms with Crippen molar-refractivity contribution in [2.45, 2.75) is 26.4 Å². The maximum Gasteiger partial charge on any atom is 0.412 e. The number of nitrogens with two attached hydrogens (primary N) is 1. The van der Waals surface area contributed by atoms with E-state index in [1.54, 1.807) is 33.0 Å². The van der Waals surface area contributed by atoms with Crippen molar-refractivity contribution in [3.05, 3.63) is 61.9 Å². The highest BCUT2D eigenvalue weighted by molar-refractivity contribution is 6.33. The fourth-order valence-electron chi connectivity index (χ4n) is 1.76. The van der Waals surface area contributed by atoms with Crippen LogP contribution in [0.1, 0.15) is 20.8 Å². The normalized spacial score (nSPS) is 10.3. The lowest BCUT2D eigenvalue weighted by atomic mass is 10.2. The van der Waals surface area contributed by atoms with Gasteiger partial charge in [0.1, 0.15) is 10.6 Å². The number of aromatic nitrogens is 1. The van der Waals surface area contributed by atoms with Crippen LogP contribution in [0.3, 0.4) is 0 Å². The summed E-state index contributed by atoms with van der Waals surface area (Å²) in [4.78, 5) is 30.0. The fraction of sp³-hybridized carbons (Fsp3) is 0.250. The van der Waals surface area contributed by atoms with E-state index in [-0.39, 0.29) is 0 Å². The number of amides is 1. The van der Waals surface area contributed by atoms with Crippen molar-refractivity contribution < 1.29 is 29.2 Å². The van der Waals surface area contributed by atoms with Gasteiger partial charge in [-0.25, -0.2) is 10.6 Å².